The van der Waals surface area contributed by atoms with Crippen molar-refractivity contribution in [3.8, 4) is 0 Å². The van der Waals surface area contributed by atoms with Crippen molar-refractivity contribution in [2.45, 2.75) is 25.6 Å². The molecule has 0 saturated carbocycles. The zero-order valence-corrected chi connectivity index (χ0v) is 16.6. The van der Waals surface area contributed by atoms with Crippen molar-refractivity contribution in [2.75, 3.05) is 5.32 Å². The number of carbonyl (C=O) groups is 2. The van der Waals surface area contributed by atoms with Gasteiger partial charge in [0.2, 0.25) is 15.9 Å². The molecule has 0 aliphatic rings. The number of hydrogen-bond acceptors (Lipinski definition) is 4. The summed E-state index contributed by atoms with van der Waals surface area (Å²) in [6.45, 7) is 3.30. The third kappa shape index (κ3) is 6.33. The van der Waals surface area contributed by atoms with E-state index in [-0.39, 0.29) is 5.69 Å². The Hall–Kier alpha value is -2.85. The van der Waals surface area contributed by atoms with Gasteiger partial charge in [-0.1, -0.05) is 32.0 Å². The maximum absolute atomic E-state index is 13.8. The number of primary sulfonamides is 1. The second kappa shape index (κ2) is 9.10. The fourth-order valence-corrected chi connectivity index (χ4v) is 3.30. The molecule has 0 heterocycles. The number of halogens is 2. The van der Waals surface area contributed by atoms with Crippen LogP contribution in [0.2, 0.25) is 0 Å². The SMILES string of the molecule is CC(C)[C@H](NC(=O)c1c(F)cccc1F)C(=O)Nc1cccc(CS(N)(=O)=O)c1. The van der Waals surface area contributed by atoms with Crippen molar-refractivity contribution in [3.05, 3.63) is 65.2 Å². The molecular weight excluding hydrogens is 404 g/mol. The van der Waals surface area contributed by atoms with Crippen LogP contribution in [0.1, 0.15) is 29.8 Å². The van der Waals surface area contributed by atoms with Crippen LogP contribution in [-0.2, 0) is 20.6 Å². The van der Waals surface area contributed by atoms with Gasteiger partial charge < -0.3 is 10.6 Å². The minimum Gasteiger partial charge on any atom is -0.340 e. The Balaban J connectivity index is 2.18. The average molecular weight is 425 g/mol. The van der Waals surface area contributed by atoms with Gasteiger partial charge in [-0.05, 0) is 35.7 Å². The fourth-order valence-electron chi connectivity index (χ4n) is 2.65. The largest absolute Gasteiger partial charge is 0.340 e. The molecule has 0 fully saturated rings. The highest BCUT2D eigenvalue weighted by molar-refractivity contribution is 7.88. The Labute approximate surface area is 167 Å². The number of nitrogens with one attached hydrogen (secondary N) is 2. The number of rotatable bonds is 7. The topological polar surface area (TPSA) is 118 Å². The van der Waals surface area contributed by atoms with E-state index < -0.39 is 56.7 Å². The van der Waals surface area contributed by atoms with E-state index in [9.17, 15) is 26.8 Å². The Morgan fingerprint density at radius 1 is 1.07 bits per heavy atom. The molecule has 2 aromatic rings. The van der Waals surface area contributed by atoms with E-state index in [2.05, 4.69) is 10.6 Å². The van der Waals surface area contributed by atoms with Crippen molar-refractivity contribution in [1.82, 2.24) is 5.32 Å². The molecule has 0 unspecified atom stereocenters. The molecule has 7 nitrogen and oxygen atoms in total. The number of hydrogen-bond donors (Lipinski definition) is 3. The summed E-state index contributed by atoms with van der Waals surface area (Å²) in [4.78, 5) is 24.9. The van der Waals surface area contributed by atoms with Crippen LogP contribution in [0.15, 0.2) is 42.5 Å². The summed E-state index contributed by atoms with van der Waals surface area (Å²) in [6.07, 6.45) is 0. The molecule has 0 bridgehead atoms. The number of amides is 2. The lowest BCUT2D eigenvalue weighted by Crippen LogP contribution is -2.47. The maximum atomic E-state index is 13.8. The first-order chi connectivity index (χ1) is 13.5. The summed E-state index contributed by atoms with van der Waals surface area (Å²) in [5, 5.41) is 9.92. The molecule has 0 radical (unpaired) electrons. The van der Waals surface area contributed by atoms with Crippen molar-refractivity contribution in [3.63, 3.8) is 0 Å². The van der Waals surface area contributed by atoms with Gasteiger partial charge in [-0.3, -0.25) is 9.59 Å². The third-order valence-electron chi connectivity index (χ3n) is 3.99. The first-order valence-electron chi connectivity index (χ1n) is 8.63. The molecule has 0 spiro atoms. The molecule has 0 aliphatic carbocycles. The number of benzene rings is 2. The molecule has 1 atom stereocenters. The molecule has 10 heteroatoms. The molecule has 0 aromatic heterocycles. The highest BCUT2D eigenvalue weighted by Crippen LogP contribution is 2.16. The normalized spacial score (nSPS) is 12.5. The smallest absolute Gasteiger partial charge is 0.257 e. The first kappa shape index (κ1) is 22.4. The van der Waals surface area contributed by atoms with Crippen LogP contribution in [0, 0.1) is 17.6 Å². The monoisotopic (exact) mass is 425 g/mol. The molecule has 2 rings (SSSR count). The summed E-state index contributed by atoms with van der Waals surface area (Å²) in [5.74, 6) is -4.58. The van der Waals surface area contributed by atoms with Crippen molar-refractivity contribution in [1.29, 1.82) is 0 Å². The summed E-state index contributed by atoms with van der Waals surface area (Å²) >= 11 is 0. The van der Waals surface area contributed by atoms with Crippen molar-refractivity contribution < 1.29 is 26.8 Å². The van der Waals surface area contributed by atoms with E-state index >= 15 is 0 Å². The molecular formula is C19H21F2N3O4S. The standard InChI is InChI=1S/C19H21F2N3O4S/c1-11(2)17(24-18(25)16-14(20)7-4-8-15(16)21)19(26)23-13-6-3-5-12(9-13)10-29(22,27)28/h3-9,11,17H,10H2,1-2H3,(H,23,26)(H,24,25)(H2,22,27,28)/t17-/m0/s1. The van der Waals surface area contributed by atoms with Crippen LogP contribution in [0.25, 0.3) is 0 Å². The summed E-state index contributed by atoms with van der Waals surface area (Å²) < 4.78 is 50.1. The quantitative estimate of drug-likeness (QED) is 0.630. The molecule has 4 N–H and O–H groups in total. The highest BCUT2D eigenvalue weighted by Gasteiger charge is 2.27. The minimum absolute atomic E-state index is 0.285. The van der Waals surface area contributed by atoms with Gasteiger partial charge in [0.05, 0.1) is 5.75 Å². The second-order valence-electron chi connectivity index (χ2n) is 6.79. The number of nitrogens with two attached hydrogens (primary N) is 1. The van der Waals surface area contributed by atoms with E-state index in [4.69, 9.17) is 5.14 Å². The Kier molecular flexibility index (Phi) is 7.04. The molecule has 2 aromatic carbocycles. The predicted octanol–water partition coefficient (Wildman–Crippen LogP) is 2.15. The lowest BCUT2D eigenvalue weighted by molar-refractivity contribution is -0.118. The Bertz CT molecular complexity index is 1010. The molecule has 29 heavy (non-hydrogen) atoms. The van der Waals surface area contributed by atoms with E-state index in [0.29, 0.717) is 5.56 Å². The third-order valence-corrected chi connectivity index (χ3v) is 4.72. The van der Waals surface area contributed by atoms with E-state index in [0.717, 1.165) is 18.2 Å². The van der Waals surface area contributed by atoms with Gasteiger partial charge in [-0.15, -0.1) is 0 Å². The van der Waals surface area contributed by atoms with Crippen LogP contribution in [0.4, 0.5) is 14.5 Å². The summed E-state index contributed by atoms with van der Waals surface area (Å²) in [5.41, 5.74) is -0.127. The first-order valence-corrected chi connectivity index (χ1v) is 10.3. The zero-order chi connectivity index (χ0) is 21.8. The van der Waals surface area contributed by atoms with Crippen LogP contribution >= 0.6 is 0 Å². The molecule has 0 saturated heterocycles. The van der Waals surface area contributed by atoms with Gasteiger partial charge in [-0.25, -0.2) is 22.3 Å². The Morgan fingerprint density at radius 3 is 2.21 bits per heavy atom. The van der Waals surface area contributed by atoms with Crippen LogP contribution in [-0.4, -0.2) is 26.3 Å². The van der Waals surface area contributed by atoms with E-state index in [1.54, 1.807) is 13.8 Å². The summed E-state index contributed by atoms with van der Waals surface area (Å²) in [6, 6.07) is 7.94. The zero-order valence-electron chi connectivity index (χ0n) is 15.8. The van der Waals surface area contributed by atoms with Gasteiger partial charge in [0.25, 0.3) is 5.91 Å². The van der Waals surface area contributed by atoms with Gasteiger partial charge >= 0.3 is 0 Å². The van der Waals surface area contributed by atoms with Crippen LogP contribution < -0.4 is 15.8 Å². The number of anilines is 1. The Morgan fingerprint density at radius 2 is 1.66 bits per heavy atom. The van der Waals surface area contributed by atoms with Gasteiger partial charge in [0, 0.05) is 5.69 Å². The number of carbonyl (C=O) groups excluding carboxylic acids is 2. The molecule has 156 valence electrons. The minimum atomic E-state index is -3.75. The second-order valence-corrected chi connectivity index (χ2v) is 8.40. The predicted molar refractivity (Wildman–Crippen MR) is 104 cm³/mol. The van der Waals surface area contributed by atoms with Crippen LogP contribution in [0.3, 0.4) is 0 Å². The van der Waals surface area contributed by atoms with E-state index in [1.807, 2.05) is 0 Å². The molecule has 0 aliphatic heterocycles. The van der Waals surface area contributed by atoms with Crippen molar-refractivity contribution >= 4 is 27.5 Å². The molecule has 2 amide bonds. The highest BCUT2D eigenvalue weighted by atomic mass is 32.2. The van der Waals surface area contributed by atoms with Crippen LogP contribution in [0.5, 0.6) is 0 Å². The van der Waals surface area contributed by atoms with Crippen molar-refractivity contribution in [2.24, 2.45) is 11.1 Å². The fraction of sp³-hybridized carbons (Fsp3) is 0.263. The number of sulfonamides is 1. The summed E-state index contributed by atoms with van der Waals surface area (Å²) in [7, 11) is -3.75. The lowest BCUT2D eigenvalue weighted by Gasteiger charge is -2.22. The van der Waals surface area contributed by atoms with E-state index in [1.165, 1.54) is 24.3 Å². The van der Waals surface area contributed by atoms with Gasteiger partial charge in [0.1, 0.15) is 23.2 Å². The van der Waals surface area contributed by atoms with Gasteiger partial charge in [-0.2, -0.15) is 0 Å². The van der Waals surface area contributed by atoms with Gasteiger partial charge in [0.15, 0.2) is 0 Å². The maximum Gasteiger partial charge on any atom is 0.257 e. The average Bonchev–Trinajstić information content (AvgIpc) is 2.58. The lowest BCUT2D eigenvalue weighted by atomic mass is 10.0.